The summed E-state index contributed by atoms with van der Waals surface area (Å²) in [6, 6.07) is 10.0. The van der Waals surface area contributed by atoms with Crippen molar-refractivity contribution in [1.82, 2.24) is 0 Å². The van der Waals surface area contributed by atoms with Crippen LogP contribution in [0, 0.1) is 6.92 Å². The number of hydrogen-bond donors (Lipinski definition) is 0. The highest BCUT2D eigenvalue weighted by atomic mass is 16.5. The molecule has 0 aliphatic carbocycles. The first kappa shape index (κ1) is 12.1. The molecule has 0 atom stereocenters. The second-order valence-electron chi connectivity index (χ2n) is 3.85. The third-order valence-electron chi connectivity index (χ3n) is 2.53. The standard InChI is InChI=1S/C14H12O4/c1-9-3-5-10(6-4-9)13(15)11-7-8-12(18-11)14(16)17-2/h3-8H,1-2H3. The normalized spacial score (nSPS) is 10.1. The molecule has 0 saturated heterocycles. The highest BCUT2D eigenvalue weighted by Crippen LogP contribution is 2.14. The van der Waals surface area contributed by atoms with Crippen LogP contribution in [0.3, 0.4) is 0 Å². The molecule has 0 N–H and O–H groups in total. The molecule has 4 nitrogen and oxygen atoms in total. The van der Waals surface area contributed by atoms with E-state index in [4.69, 9.17) is 4.42 Å². The minimum absolute atomic E-state index is 0.0213. The van der Waals surface area contributed by atoms with Gasteiger partial charge in [0, 0.05) is 5.56 Å². The summed E-state index contributed by atoms with van der Waals surface area (Å²) in [6.07, 6.45) is 0. The van der Waals surface area contributed by atoms with E-state index in [1.165, 1.54) is 19.2 Å². The molecule has 4 heteroatoms. The Morgan fingerprint density at radius 3 is 2.22 bits per heavy atom. The molecule has 1 aromatic heterocycles. The Morgan fingerprint density at radius 2 is 1.61 bits per heavy atom. The molecule has 92 valence electrons. The molecule has 2 aromatic rings. The number of ketones is 1. The Hall–Kier alpha value is -2.36. The first-order chi connectivity index (χ1) is 8.61. The number of furan rings is 1. The number of aryl methyl sites for hydroxylation is 1. The predicted octanol–water partition coefficient (Wildman–Crippen LogP) is 2.61. The number of esters is 1. The Kier molecular flexibility index (Phi) is 3.28. The van der Waals surface area contributed by atoms with Gasteiger partial charge in [-0.05, 0) is 19.1 Å². The van der Waals surface area contributed by atoms with Gasteiger partial charge in [-0.15, -0.1) is 0 Å². The van der Waals surface area contributed by atoms with Gasteiger partial charge in [0.2, 0.25) is 11.5 Å². The second-order valence-corrected chi connectivity index (χ2v) is 3.85. The molecule has 0 bridgehead atoms. The second kappa shape index (κ2) is 4.87. The van der Waals surface area contributed by atoms with Gasteiger partial charge in [0.25, 0.3) is 0 Å². The van der Waals surface area contributed by atoms with Crippen molar-refractivity contribution in [1.29, 1.82) is 0 Å². The number of carbonyl (C=O) groups is 2. The van der Waals surface area contributed by atoms with Crippen LogP contribution < -0.4 is 0 Å². The van der Waals surface area contributed by atoms with Gasteiger partial charge in [-0.25, -0.2) is 4.79 Å². The fraction of sp³-hybridized carbons (Fsp3) is 0.143. The van der Waals surface area contributed by atoms with Gasteiger partial charge in [0.05, 0.1) is 7.11 Å². The van der Waals surface area contributed by atoms with Crippen LogP contribution in [0.15, 0.2) is 40.8 Å². The fourth-order valence-corrected chi connectivity index (χ4v) is 1.52. The number of ether oxygens (including phenoxy) is 1. The van der Waals surface area contributed by atoms with Gasteiger partial charge in [-0.3, -0.25) is 4.79 Å². The molecule has 0 aliphatic heterocycles. The Balaban J connectivity index is 2.26. The van der Waals surface area contributed by atoms with Crippen molar-refractivity contribution in [2.24, 2.45) is 0 Å². The van der Waals surface area contributed by atoms with Crippen molar-refractivity contribution >= 4 is 11.8 Å². The summed E-state index contributed by atoms with van der Waals surface area (Å²) in [4.78, 5) is 23.2. The Bertz CT molecular complexity index is 578. The largest absolute Gasteiger partial charge is 0.463 e. The van der Waals surface area contributed by atoms with Gasteiger partial charge >= 0.3 is 5.97 Å². The van der Waals surface area contributed by atoms with E-state index in [0.29, 0.717) is 5.56 Å². The third kappa shape index (κ3) is 2.32. The Morgan fingerprint density at radius 1 is 1.00 bits per heavy atom. The third-order valence-corrected chi connectivity index (χ3v) is 2.53. The highest BCUT2D eigenvalue weighted by molar-refractivity contribution is 6.07. The van der Waals surface area contributed by atoms with Gasteiger partial charge in [0.15, 0.2) is 5.76 Å². The van der Waals surface area contributed by atoms with E-state index in [2.05, 4.69) is 4.74 Å². The summed E-state index contributed by atoms with van der Waals surface area (Å²) in [7, 11) is 1.26. The zero-order valence-electron chi connectivity index (χ0n) is 10.1. The monoisotopic (exact) mass is 244 g/mol. The summed E-state index contributed by atoms with van der Waals surface area (Å²) in [5, 5.41) is 0. The van der Waals surface area contributed by atoms with Crippen LogP contribution in [-0.2, 0) is 4.74 Å². The number of carbonyl (C=O) groups excluding carboxylic acids is 2. The van der Waals surface area contributed by atoms with Crippen LogP contribution in [0.2, 0.25) is 0 Å². The van der Waals surface area contributed by atoms with E-state index < -0.39 is 5.97 Å². The number of rotatable bonds is 3. The maximum absolute atomic E-state index is 12.0. The number of methoxy groups -OCH3 is 1. The lowest BCUT2D eigenvalue weighted by Crippen LogP contribution is -2.01. The lowest BCUT2D eigenvalue weighted by molar-refractivity contribution is 0.0563. The molecule has 0 spiro atoms. The van der Waals surface area contributed by atoms with E-state index in [-0.39, 0.29) is 17.3 Å². The SMILES string of the molecule is COC(=O)c1ccc(C(=O)c2ccc(C)cc2)o1. The zero-order valence-corrected chi connectivity index (χ0v) is 10.1. The molecule has 0 unspecified atom stereocenters. The molecule has 0 saturated carbocycles. The van der Waals surface area contributed by atoms with Crippen molar-refractivity contribution in [3.05, 3.63) is 59.0 Å². The van der Waals surface area contributed by atoms with Gasteiger partial charge < -0.3 is 9.15 Å². The molecule has 0 radical (unpaired) electrons. The minimum atomic E-state index is -0.599. The Labute approximate surface area is 104 Å². The van der Waals surface area contributed by atoms with Gasteiger partial charge in [-0.1, -0.05) is 29.8 Å². The molecule has 2 rings (SSSR count). The van der Waals surface area contributed by atoms with Crippen molar-refractivity contribution in [3.8, 4) is 0 Å². The van der Waals surface area contributed by atoms with Crippen molar-refractivity contribution in [2.75, 3.05) is 7.11 Å². The molecular formula is C14H12O4. The first-order valence-electron chi connectivity index (χ1n) is 5.41. The van der Waals surface area contributed by atoms with Crippen molar-refractivity contribution in [2.45, 2.75) is 6.92 Å². The summed E-state index contributed by atoms with van der Waals surface area (Å²) < 4.78 is 9.67. The lowest BCUT2D eigenvalue weighted by atomic mass is 10.1. The molecule has 1 aromatic carbocycles. The van der Waals surface area contributed by atoms with E-state index in [1.807, 2.05) is 19.1 Å². The van der Waals surface area contributed by atoms with Gasteiger partial charge in [0.1, 0.15) is 0 Å². The lowest BCUT2D eigenvalue weighted by Gasteiger charge is -1.98. The maximum atomic E-state index is 12.0. The van der Waals surface area contributed by atoms with Crippen LogP contribution in [0.25, 0.3) is 0 Å². The summed E-state index contributed by atoms with van der Waals surface area (Å²) in [6.45, 7) is 1.94. The van der Waals surface area contributed by atoms with Crippen LogP contribution in [0.1, 0.15) is 32.2 Å². The maximum Gasteiger partial charge on any atom is 0.373 e. The van der Waals surface area contributed by atoms with Crippen LogP contribution in [0.4, 0.5) is 0 Å². The van der Waals surface area contributed by atoms with Gasteiger partial charge in [-0.2, -0.15) is 0 Å². The minimum Gasteiger partial charge on any atom is -0.463 e. The predicted molar refractivity (Wildman–Crippen MR) is 64.7 cm³/mol. The van der Waals surface area contributed by atoms with Crippen molar-refractivity contribution in [3.63, 3.8) is 0 Å². The van der Waals surface area contributed by atoms with E-state index in [9.17, 15) is 9.59 Å². The number of benzene rings is 1. The highest BCUT2D eigenvalue weighted by Gasteiger charge is 2.17. The molecule has 0 fully saturated rings. The fourth-order valence-electron chi connectivity index (χ4n) is 1.52. The van der Waals surface area contributed by atoms with Crippen LogP contribution in [-0.4, -0.2) is 18.9 Å². The smallest absolute Gasteiger partial charge is 0.373 e. The van der Waals surface area contributed by atoms with E-state index in [1.54, 1.807) is 12.1 Å². The quantitative estimate of drug-likeness (QED) is 0.615. The van der Waals surface area contributed by atoms with E-state index >= 15 is 0 Å². The van der Waals surface area contributed by atoms with Crippen LogP contribution in [0.5, 0.6) is 0 Å². The molecular weight excluding hydrogens is 232 g/mol. The molecule has 1 heterocycles. The molecule has 18 heavy (non-hydrogen) atoms. The average molecular weight is 244 g/mol. The van der Waals surface area contributed by atoms with Crippen molar-refractivity contribution < 1.29 is 18.7 Å². The summed E-state index contributed by atoms with van der Waals surface area (Å²) in [5.41, 5.74) is 1.59. The summed E-state index contributed by atoms with van der Waals surface area (Å²) in [5.74, 6) is -0.713. The molecule has 0 amide bonds. The van der Waals surface area contributed by atoms with E-state index in [0.717, 1.165) is 5.56 Å². The number of hydrogen-bond acceptors (Lipinski definition) is 4. The molecule has 0 aliphatic rings. The zero-order chi connectivity index (χ0) is 13.1. The topological polar surface area (TPSA) is 56.5 Å². The summed E-state index contributed by atoms with van der Waals surface area (Å²) >= 11 is 0. The van der Waals surface area contributed by atoms with Crippen LogP contribution >= 0.6 is 0 Å². The average Bonchev–Trinajstić information content (AvgIpc) is 2.87. The first-order valence-corrected chi connectivity index (χ1v) is 5.41.